The van der Waals surface area contributed by atoms with E-state index in [1.54, 1.807) is 35.2 Å². The summed E-state index contributed by atoms with van der Waals surface area (Å²) in [5, 5.41) is 9.35. The Morgan fingerprint density at radius 2 is 1.74 bits per heavy atom. The molecule has 4 rings (SSSR count). The minimum absolute atomic E-state index is 0.0101. The van der Waals surface area contributed by atoms with E-state index in [0.29, 0.717) is 16.7 Å². The van der Waals surface area contributed by atoms with E-state index in [1.807, 2.05) is 0 Å². The molecular formula is C18H12N4O5. The van der Waals surface area contributed by atoms with Crippen LogP contribution in [0.3, 0.4) is 0 Å². The second kappa shape index (κ2) is 6.30. The van der Waals surface area contributed by atoms with Gasteiger partial charge in [0.2, 0.25) is 0 Å². The molecule has 27 heavy (non-hydrogen) atoms. The molecule has 0 saturated heterocycles. The number of carbonyl (C=O) groups is 1. The number of carboxylic acids is 1. The highest BCUT2D eigenvalue weighted by atomic mass is 16.5. The van der Waals surface area contributed by atoms with Crippen LogP contribution in [0.2, 0.25) is 0 Å². The van der Waals surface area contributed by atoms with Crippen molar-refractivity contribution in [3.63, 3.8) is 0 Å². The SMILES string of the molecule is O=C(O)c1ccccc1Oc1cc2[nH]c(=O)c(=O)[nH]c2cc1-n1ccnc1. The standard InChI is InChI=1S/C18H12N4O5/c23-16-17(24)21-12-8-15(27-14-4-2-1-3-10(14)18(25)26)13(7-11(12)20-16)22-6-5-19-9-22/h1-9H,(H,20,23)(H,21,24)(H,25,26). The van der Waals surface area contributed by atoms with Crippen LogP contribution < -0.4 is 15.9 Å². The van der Waals surface area contributed by atoms with Gasteiger partial charge in [0.25, 0.3) is 0 Å². The number of rotatable bonds is 4. The average molecular weight is 364 g/mol. The monoisotopic (exact) mass is 364 g/mol. The summed E-state index contributed by atoms with van der Waals surface area (Å²) in [4.78, 5) is 43.6. The molecule has 2 heterocycles. The number of aromatic nitrogens is 4. The molecule has 2 aromatic heterocycles. The molecular weight excluding hydrogens is 352 g/mol. The molecule has 0 spiro atoms. The van der Waals surface area contributed by atoms with Crippen molar-refractivity contribution in [3.05, 3.63) is 81.4 Å². The highest BCUT2D eigenvalue weighted by molar-refractivity contribution is 5.91. The van der Waals surface area contributed by atoms with Crippen LogP contribution in [0.25, 0.3) is 16.7 Å². The number of aromatic amines is 2. The van der Waals surface area contributed by atoms with E-state index < -0.39 is 17.1 Å². The zero-order valence-electron chi connectivity index (χ0n) is 13.7. The van der Waals surface area contributed by atoms with E-state index in [9.17, 15) is 19.5 Å². The highest BCUT2D eigenvalue weighted by Gasteiger charge is 2.15. The first-order chi connectivity index (χ1) is 13.0. The number of hydrogen-bond donors (Lipinski definition) is 3. The first-order valence-electron chi connectivity index (χ1n) is 7.82. The van der Waals surface area contributed by atoms with Gasteiger partial charge < -0.3 is 24.4 Å². The van der Waals surface area contributed by atoms with E-state index in [-0.39, 0.29) is 17.1 Å². The average Bonchev–Trinajstić information content (AvgIpc) is 3.17. The molecule has 4 aromatic rings. The van der Waals surface area contributed by atoms with Gasteiger partial charge in [-0.2, -0.15) is 0 Å². The number of H-pyrrole nitrogens is 2. The van der Waals surface area contributed by atoms with Gasteiger partial charge in [-0.15, -0.1) is 0 Å². The van der Waals surface area contributed by atoms with E-state index in [4.69, 9.17) is 4.74 Å². The van der Waals surface area contributed by atoms with Crippen molar-refractivity contribution in [3.8, 4) is 17.2 Å². The zero-order chi connectivity index (χ0) is 19.0. The molecule has 0 amide bonds. The number of hydrogen-bond acceptors (Lipinski definition) is 5. The summed E-state index contributed by atoms with van der Waals surface area (Å²) in [6.45, 7) is 0. The van der Waals surface area contributed by atoms with Crippen LogP contribution in [-0.2, 0) is 0 Å². The number of nitrogens with one attached hydrogen (secondary N) is 2. The van der Waals surface area contributed by atoms with Crippen LogP contribution in [0.4, 0.5) is 0 Å². The molecule has 9 nitrogen and oxygen atoms in total. The Kier molecular flexibility index (Phi) is 3.81. The Hall–Kier alpha value is -4.14. The molecule has 9 heteroatoms. The summed E-state index contributed by atoms with van der Waals surface area (Å²) in [7, 11) is 0. The van der Waals surface area contributed by atoms with Gasteiger partial charge in [-0.3, -0.25) is 9.59 Å². The predicted octanol–water partition coefficient (Wildman–Crippen LogP) is 1.89. The van der Waals surface area contributed by atoms with Gasteiger partial charge in [0.05, 0.1) is 23.0 Å². The molecule has 2 aromatic carbocycles. The topological polar surface area (TPSA) is 130 Å². The third-order valence-corrected chi connectivity index (χ3v) is 3.92. The molecule has 0 bridgehead atoms. The van der Waals surface area contributed by atoms with Crippen LogP contribution >= 0.6 is 0 Å². The highest BCUT2D eigenvalue weighted by Crippen LogP contribution is 2.32. The van der Waals surface area contributed by atoms with Gasteiger partial charge in [0.15, 0.2) is 5.75 Å². The molecule has 0 radical (unpaired) electrons. The van der Waals surface area contributed by atoms with Gasteiger partial charge in [0.1, 0.15) is 11.3 Å². The predicted molar refractivity (Wildman–Crippen MR) is 95.8 cm³/mol. The first-order valence-corrected chi connectivity index (χ1v) is 7.82. The van der Waals surface area contributed by atoms with E-state index in [1.165, 1.54) is 24.5 Å². The Bertz CT molecular complexity index is 1270. The molecule has 0 aliphatic rings. The summed E-state index contributed by atoms with van der Waals surface area (Å²) in [5.74, 6) is -0.720. The van der Waals surface area contributed by atoms with Gasteiger partial charge in [0, 0.05) is 18.5 Å². The normalized spacial score (nSPS) is 10.8. The maximum absolute atomic E-state index is 11.6. The number of fused-ring (bicyclic) bond motifs is 1. The lowest BCUT2D eigenvalue weighted by atomic mass is 10.2. The molecule has 0 atom stereocenters. The number of ether oxygens (including phenoxy) is 1. The van der Waals surface area contributed by atoms with Gasteiger partial charge in [-0.05, 0) is 18.2 Å². The van der Waals surface area contributed by atoms with Gasteiger partial charge in [-0.1, -0.05) is 12.1 Å². The van der Waals surface area contributed by atoms with Crippen LogP contribution in [-0.4, -0.2) is 30.6 Å². The lowest BCUT2D eigenvalue weighted by molar-refractivity contribution is 0.0694. The summed E-state index contributed by atoms with van der Waals surface area (Å²) >= 11 is 0. The van der Waals surface area contributed by atoms with Gasteiger partial charge >= 0.3 is 17.1 Å². The molecule has 0 aliphatic heterocycles. The Morgan fingerprint density at radius 1 is 1.04 bits per heavy atom. The van der Waals surface area contributed by atoms with Gasteiger partial charge in [-0.25, -0.2) is 9.78 Å². The molecule has 0 saturated carbocycles. The molecule has 0 unspecified atom stereocenters. The number of nitrogens with zero attached hydrogens (tertiary/aromatic N) is 2. The van der Waals surface area contributed by atoms with Crippen molar-refractivity contribution >= 4 is 17.0 Å². The van der Waals surface area contributed by atoms with E-state index >= 15 is 0 Å². The Labute approximate surface area is 150 Å². The van der Waals surface area contributed by atoms with E-state index in [2.05, 4.69) is 15.0 Å². The Morgan fingerprint density at radius 3 is 2.41 bits per heavy atom. The fourth-order valence-corrected chi connectivity index (χ4v) is 2.67. The summed E-state index contributed by atoms with van der Waals surface area (Å²) < 4.78 is 7.50. The van der Waals surface area contributed by atoms with Crippen molar-refractivity contribution in [2.75, 3.05) is 0 Å². The molecule has 0 fully saturated rings. The largest absolute Gasteiger partial charge is 0.478 e. The first kappa shape index (κ1) is 16.3. The van der Waals surface area contributed by atoms with Crippen molar-refractivity contribution < 1.29 is 14.6 Å². The number of carboxylic acid groups (broad SMARTS) is 1. The summed E-state index contributed by atoms with van der Waals surface area (Å²) in [5.41, 5.74) is -0.348. The molecule has 0 aliphatic carbocycles. The van der Waals surface area contributed by atoms with Crippen molar-refractivity contribution in [1.82, 2.24) is 19.5 Å². The number of aromatic carboxylic acids is 1. The number of benzene rings is 2. The summed E-state index contributed by atoms with van der Waals surface area (Å²) in [6.07, 6.45) is 4.76. The fourth-order valence-electron chi connectivity index (χ4n) is 2.67. The quantitative estimate of drug-likeness (QED) is 0.474. The van der Waals surface area contributed by atoms with Crippen molar-refractivity contribution in [2.45, 2.75) is 0 Å². The molecule has 3 N–H and O–H groups in total. The number of para-hydroxylation sites is 1. The second-order valence-electron chi connectivity index (χ2n) is 5.65. The zero-order valence-corrected chi connectivity index (χ0v) is 13.7. The van der Waals surface area contributed by atoms with Crippen LogP contribution in [0.1, 0.15) is 10.4 Å². The fraction of sp³-hybridized carbons (Fsp3) is 0. The second-order valence-corrected chi connectivity index (χ2v) is 5.65. The van der Waals surface area contributed by atoms with E-state index in [0.717, 1.165) is 0 Å². The maximum Gasteiger partial charge on any atom is 0.339 e. The summed E-state index contributed by atoms with van der Waals surface area (Å²) in [6, 6.07) is 9.32. The lowest BCUT2D eigenvalue weighted by Gasteiger charge is -2.14. The minimum Gasteiger partial charge on any atom is -0.478 e. The van der Waals surface area contributed by atoms with Crippen LogP contribution in [0, 0.1) is 0 Å². The maximum atomic E-state index is 11.6. The smallest absolute Gasteiger partial charge is 0.339 e. The lowest BCUT2D eigenvalue weighted by Crippen LogP contribution is -2.28. The number of imidazole rings is 1. The molecule has 134 valence electrons. The van der Waals surface area contributed by atoms with Crippen LogP contribution in [0.15, 0.2) is 64.7 Å². The minimum atomic E-state index is -1.13. The van der Waals surface area contributed by atoms with Crippen LogP contribution in [0.5, 0.6) is 11.5 Å². The third kappa shape index (κ3) is 2.97. The Balaban J connectivity index is 1.94. The van der Waals surface area contributed by atoms with Crippen molar-refractivity contribution in [2.24, 2.45) is 0 Å². The third-order valence-electron chi connectivity index (χ3n) is 3.92. The van der Waals surface area contributed by atoms with Crippen molar-refractivity contribution in [1.29, 1.82) is 0 Å².